The summed E-state index contributed by atoms with van der Waals surface area (Å²) in [4.78, 5) is 6.53. The number of hydrogen-bond donors (Lipinski definition) is 0. The average Bonchev–Trinajstić information content (AvgIpc) is 2.88. The number of para-hydroxylation sites is 1. The Morgan fingerprint density at radius 1 is 1.06 bits per heavy atom. The second kappa shape index (κ2) is 6.05. The molecular formula is C15H18N2O. The summed E-state index contributed by atoms with van der Waals surface area (Å²) in [5, 5.41) is 0. The van der Waals surface area contributed by atoms with Gasteiger partial charge in [-0.2, -0.15) is 0 Å². The van der Waals surface area contributed by atoms with E-state index in [2.05, 4.69) is 23.7 Å². The standard InChI is InChI=1S/C15H18N2O/c1-3-17(4-2)15-11-10-14(18-15)12-16-13-8-6-5-7-9-13/h5-12H,3-4H2,1-2H3. The molecule has 0 spiro atoms. The van der Waals surface area contributed by atoms with Crippen molar-refractivity contribution in [2.75, 3.05) is 18.0 Å². The molecule has 0 bridgehead atoms. The van der Waals surface area contributed by atoms with Crippen molar-refractivity contribution >= 4 is 17.8 Å². The second-order valence-electron chi connectivity index (χ2n) is 3.94. The average molecular weight is 242 g/mol. The number of hydrogen-bond acceptors (Lipinski definition) is 3. The molecule has 0 saturated carbocycles. The quantitative estimate of drug-likeness (QED) is 0.744. The molecule has 94 valence electrons. The summed E-state index contributed by atoms with van der Waals surface area (Å²) in [6.07, 6.45) is 1.75. The number of aliphatic imine (C=N–C) groups is 1. The first-order chi connectivity index (χ1) is 8.83. The summed E-state index contributed by atoms with van der Waals surface area (Å²) >= 11 is 0. The van der Waals surface area contributed by atoms with Gasteiger partial charge in [0.1, 0.15) is 5.76 Å². The van der Waals surface area contributed by atoms with Crippen LogP contribution in [0, 0.1) is 0 Å². The van der Waals surface area contributed by atoms with E-state index in [1.807, 2.05) is 42.5 Å². The van der Waals surface area contributed by atoms with Crippen LogP contribution >= 0.6 is 0 Å². The maximum absolute atomic E-state index is 5.73. The van der Waals surface area contributed by atoms with Crippen molar-refractivity contribution in [2.45, 2.75) is 13.8 Å². The minimum atomic E-state index is 0.778. The molecule has 2 rings (SSSR count). The van der Waals surface area contributed by atoms with Gasteiger partial charge in [-0.15, -0.1) is 0 Å². The van der Waals surface area contributed by atoms with Crippen LogP contribution in [0.15, 0.2) is 51.9 Å². The predicted molar refractivity (Wildman–Crippen MR) is 76.0 cm³/mol. The monoisotopic (exact) mass is 242 g/mol. The van der Waals surface area contributed by atoms with Crippen LogP contribution in [0.4, 0.5) is 11.6 Å². The van der Waals surface area contributed by atoms with Crippen molar-refractivity contribution in [3.63, 3.8) is 0 Å². The summed E-state index contributed by atoms with van der Waals surface area (Å²) in [6, 6.07) is 13.8. The largest absolute Gasteiger partial charge is 0.440 e. The SMILES string of the molecule is CCN(CC)c1ccc(C=Nc2ccccc2)o1. The molecule has 3 heteroatoms. The van der Waals surface area contributed by atoms with E-state index in [1.54, 1.807) is 6.21 Å². The summed E-state index contributed by atoms with van der Waals surface area (Å²) < 4.78 is 5.73. The van der Waals surface area contributed by atoms with Crippen LogP contribution < -0.4 is 4.90 Å². The Morgan fingerprint density at radius 2 is 1.78 bits per heavy atom. The van der Waals surface area contributed by atoms with Gasteiger partial charge in [0.25, 0.3) is 0 Å². The van der Waals surface area contributed by atoms with E-state index in [4.69, 9.17) is 4.42 Å². The lowest BCUT2D eigenvalue weighted by atomic mass is 10.3. The third-order valence-corrected chi connectivity index (χ3v) is 2.78. The van der Waals surface area contributed by atoms with Crippen LogP contribution in [0.3, 0.4) is 0 Å². The number of rotatable bonds is 5. The minimum absolute atomic E-state index is 0.778. The van der Waals surface area contributed by atoms with Gasteiger partial charge in [-0.05, 0) is 32.0 Å². The normalized spacial score (nSPS) is 11.0. The molecule has 0 aliphatic rings. The van der Waals surface area contributed by atoms with Gasteiger partial charge in [-0.3, -0.25) is 4.99 Å². The van der Waals surface area contributed by atoms with E-state index < -0.39 is 0 Å². The van der Waals surface area contributed by atoms with Crippen LogP contribution in [0.2, 0.25) is 0 Å². The van der Waals surface area contributed by atoms with Crippen molar-refractivity contribution in [1.82, 2.24) is 0 Å². The lowest BCUT2D eigenvalue weighted by Gasteiger charge is -2.16. The van der Waals surface area contributed by atoms with Gasteiger partial charge >= 0.3 is 0 Å². The Labute approximate surface area is 108 Å². The highest BCUT2D eigenvalue weighted by Crippen LogP contribution is 2.18. The van der Waals surface area contributed by atoms with Crippen LogP contribution in [-0.2, 0) is 0 Å². The molecule has 0 N–H and O–H groups in total. The predicted octanol–water partition coefficient (Wildman–Crippen LogP) is 3.88. The lowest BCUT2D eigenvalue weighted by Crippen LogP contribution is -2.20. The zero-order valence-electron chi connectivity index (χ0n) is 10.8. The zero-order valence-corrected chi connectivity index (χ0v) is 10.8. The molecule has 1 aromatic heterocycles. The molecule has 3 nitrogen and oxygen atoms in total. The molecule has 0 amide bonds. The topological polar surface area (TPSA) is 28.7 Å². The van der Waals surface area contributed by atoms with Crippen LogP contribution in [-0.4, -0.2) is 19.3 Å². The van der Waals surface area contributed by atoms with E-state index >= 15 is 0 Å². The molecule has 0 atom stereocenters. The molecule has 1 aromatic carbocycles. The number of nitrogens with zero attached hydrogens (tertiary/aromatic N) is 2. The first-order valence-electron chi connectivity index (χ1n) is 6.27. The molecule has 0 fully saturated rings. The Morgan fingerprint density at radius 3 is 2.44 bits per heavy atom. The minimum Gasteiger partial charge on any atom is -0.440 e. The van der Waals surface area contributed by atoms with Crippen molar-refractivity contribution in [2.24, 2.45) is 4.99 Å². The molecule has 0 saturated heterocycles. The van der Waals surface area contributed by atoms with Gasteiger partial charge in [0.05, 0.1) is 11.9 Å². The molecule has 1 heterocycles. The first kappa shape index (κ1) is 12.4. The van der Waals surface area contributed by atoms with Gasteiger partial charge in [-0.25, -0.2) is 0 Å². The number of furan rings is 1. The van der Waals surface area contributed by atoms with Crippen molar-refractivity contribution in [3.05, 3.63) is 48.2 Å². The number of anilines is 1. The molecule has 0 unspecified atom stereocenters. The maximum Gasteiger partial charge on any atom is 0.196 e. The van der Waals surface area contributed by atoms with Crippen LogP contribution in [0.1, 0.15) is 19.6 Å². The van der Waals surface area contributed by atoms with Gasteiger partial charge in [0, 0.05) is 19.2 Å². The fourth-order valence-electron chi connectivity index (χ4n) is 1.77. The smallest absolute Gasteiger partial charge is 0.196 e. The summed E-state index contributed by atoms with van der Waals surface area (Å²) in [7, 11) is 0. The van der Waals surface area contributed by atoms with Crippen molar-refractivity contribution < 1.29 is 4.42 Å². The lowest BCUT2D eigenvalue weighted by molar-refractivity contribution is 0.544. The Hall–Kier alpha value is -2.03. The van der Waals surface area contributed by atoms with Gasteiger partial charge in [0.15, 0.2) is 5.88 Å². The van der Waals surface area contributed by atoms with E-state index in [0.717, 1.165) is 30.4 Å². The molecule has 0 aliphatic heterocycles. The highest BCUT2D eigenvalue weighted by atomic mass is 16.4. The fourth-order valence-corrected chi connectivity index (χ4v) is 1.77. The summed E-state index contributed by atoms with van der Waals surface area (Å²) in [5.74, 6) is 1.68. The van der Waals surface area contributed by atoms with Crippen molar-refractivity contribution in [3.8, 4) is 0 Å². The van der Waals surface area contributed by atoms with Gasteiger partial charge < -0.3 is 9.32 Å². The van der Waals surface area contributed by atoms with E-state index in [0.29, 0.717) is 0 Å². The van der Waals surface area contributed by atoms with Crippen molar-refractivity contribution in [1.29, 1.82) is 0 Å². The first-order valence-corrected chi connectivity index (χ1v) is 6.27. The molecule has 2 aromatic rings. The molecule has 18 heavy (non-hydrogen) atoms. The molecule has 0 aliphatic carbocycles. The molecule has 0 radical (unpaired) electrons. The van der Waals surface area contributed by atoms with E-state index in [1.165, 1.54) is 0 Å². The fraction of sp³-hybridized carbons (Fsp3) is 0.267. The highest BCUT2D eigenvalue weighted by molar-refractivity contribution is 5.79. The maximum atomic E-state index is 5.73. The highest BCUT2D eigenvalue weighted by Gasteiger charge is 2.05. The second-order valence-corrected chi connectivity index (χ2v) is 3.94. The third kappa shape index (κ3) is 3.00. The zero-order chi connectivity index (χ0) is 12.8. The van der Waals surface area contributed by atoms with E-state index in [9.17, 15) is 0 Å². The Balaban J connectivity index is 2.09. The Bertz CT molecular complexity index is 498. The molecular weight excluding hydrogens is 224 g/mol. The van der Waals surface area contributed by atoms with Gasteiger partial charge in [0.2, 0.25) is 0 Å². The van der Waals surface area contributed by atoms with Crippen LogP contribution in [0.5, 0.6) is 0 Å². The number of benzene rings is 1. The Kier molecular flexibility index (Phi) is 4.18. The van der Waals surface area contributed by atoms with Crippen LogP contribution in [0.25, 0.3) is 0 Å². The summed E-state index contributed by atoms with van der Waals surface area (Å²) in [6.45, 7) is 6.12. The summed E-state index contributed by atoms with van der Waals surface area (Å²) in [5.41, 5.74) is 0.929. The van der Waals surface area contributed by atoms with E-state index in [-0.39, 0.29) is 0 Å². The van der Waals surface area contributed by atoms with Gasteiger partial charge in [-0.1, -0.05) is 18.2 Å². The third-order valence-electron chi connectivity index (χ3n) is 2.78.